The highest BCUT2D eigenvalue weighted by Crippen LogP contribution is 2.19. The molecule has 0 unspecified atom stereocenters. The number of amides is 14. The van der Waals surface area contributed by atoms with E-state index in [0.29, 0.717) is 22.3 Å². The van der Waals surface area contributed by atoms with Crippen LogP contribution in [-0.4, -0.2) is 279 Å². The van der Waals surface area contributed by atoms with Gasteiger partial charge in [-0.2, -0.15) is 0 Å². The van der Waals surface area contributed by atoms with Crippen molar-refractivity contribution in [1.82, 2.24) is 74.4 Å². The molecule has 4 aromatic rings. The van der Waals surface area contributed by atoms with Gasteiger partial charge in [0.15, 0.2) is 0 Å². The molecule has 0 spiro atoms. The lowest BCUT2D eigenvalue weighted by Gasteiger charge is -2.30. The Bertz CT molecular complexity index is 4310. The number of hydrogen-bond donors (Lipinski definition) is 26. The number of nitrogens with two attached hydrogens (primary N) is 1. The second-order valence-electron chi connectivity index (χ2n) is 29.9. The number of aliphatic hydroxyl groups excluding tert-OH is 5. The summed E-state index contributed by atoms with van der Waals surface area (Å²) in [6.07, 6.45) is -12.9. The summed E-state index contributed by atoms with van der Waals surface area (Å²) in [6.45, 7) is 9.80. The van der Waals surface area contributed by atoms with Crippen LogP contribution in [0.25, 0.3) is 0 Å². The monoisotopic (exact) mass is 1730 g/mol. The Morgan fingerprint density at radius 1 is 0.309 bits per heavy atom. The molecule has 43 heteroatoms. The number of carboxylic acid groups (broad SMARTS) is 3. The van der Waals surface area contributed by atoms with Gasteiger partial charge in [0.1, 0.15) is 95.8 Å². The van der Waals surface area contributed by atoms with Crippen LogP contribution in [0.3, 0.4) is 0 Å². The first kappa shape index (κ1) is 102. The molecule has 0 fully saturated rings. The van der Waals surface area contributed by atoms with Crippen LogP contribution in [0.2, 0.25) is 0 Å². The van der Waals surface area contributed by atoms with E-state index in [1.165, 1.54) is 91.9 Å². The summed E-state index contributed by atoms with van der Waals surface area (Å²) in [6, 6.07) is -0.0178. The Kier molecular flexibility index (Phi) is 41.4. The van der Waals surface area contributed by atoms with Crippen molar-refractivity contribution in [3.05, 3.63) is 125 Å². The molecule has 0 heterocycles. The van der Waals surface area contributed by atoms with Crippen LogP contribution < -0.4 is 80.2 Å². The maximum absolute atomic E-state index is 14.4. The number of aliphatic carboxylic acids is 3. The van der Waals surface area contributed by atoms with Crippen molar-refractivity contribution < 1.29 is 138 Å². The molecular weight excluding hydrogens is 1620 g/mol. The van der Waals surface area contributed by atoms with Crippen molar-refractivity contribution in [2.24, 2.45) is 17.6 Å². The molecule has 0 aromatic heterocycles. The predicted molar refractivity (Wildman–Crippen MR) is 432 cm³/mol. The lowest BCUT2D eigenvalue weighted by Crippen LogP contribution is -2.65. The van der Waals surface area contributed by atoms with Gasteiger partial charge in [-0.25, -0.2) is 4.79 Å². The van der Waals surface area contributed by atoms with E-state index < -0.39 is 254 Å². The molecule has 0 aliphatic heterocycles. The molecular formula is C80H111N15O28. The fraction of sp³-hybridized carbons (Fsp3) is 0.487. The van der Waals surface area contributed by atoms with E-state index >= 15 is 0 Å². The molecule has 0 aliphatic rings. The molecule has 4 rings (SSSR count). The lowest BCUT2D eigenvalue weighted by atomic mass is 9.96. The van der Waals surface area contributed by atoms with Crippen LogP contribution >= 0.6 is 0 Å². The van der Waals surface area contributed by atoms with Gasteiger partial charge in [0, 0.05) is 25.7 Å². The van der Waals surface area contributed by atoms with Crippen LogP contribution in [0.5, 0.6) is 17.2 Å². The topological polar surface area (TPSA) is 707 Å². The Balaban J connectivity index is 1.47. The number of carbonyl (C=O) groups is 17. The average Bonchev–Trinajstić information content (AvgIpc) is 0.839. The summed E-state index contributed by atoms with van der Waals surface area (Å²) < 4.78 is 0. The van der Waals surface area contributed by atoms with Crippen molar-refractivity contribution in [2.75, 3.05) is 13.1 Å². The summed E-state index contributed by atoms with van der Waals surface area (Å²) in [7, 11) is 0. The molecule has 674 valence electrons. The summed E-state index contributed by atoms with van der Waals surface area (Å²) in [5.74, 6) is -23.3. The highest BCUT2D eigenvalue weighted by atomic mass is 16.4. The zero-order valence-corrected chi connectivity index (χ0v) is 68.9. The number of rotatable bonds is 50. The highest BCUT2D eigenvalue weighted by Gasteiger charge is 2.42. The summed E-state index contributed by atoms with van der Waals surface area (Å²) in [5, 5.41) is 145. The third kappa shape index (κ3) is 34.6. The number of carbonyl (C=O) groups excluding carboxylic acids is 14. The van der Waals surface area contributed by atoms with E-state index in [1.54, 1.807) is 39.0 Å². The maximum Gasteiger partial charge on any atom is 0.326 e. The van der Waals surface area contributed by atoms with Gasteiger partial charge in [-0.15, -0.1) is 0 Å². The summed E-state index contributed by atoms with van der Waals surface area (Å²) >= 11 is 0. The molecule has 19 atom stereocenters. The van der Waals surface area contributed by atoms with Gasteiger partial charge in [0.05, 0.1) is 56.5 Å². The van der Waals surface area contributed by atoms with Crippen molar-refractivity contribution in [1.29, 1.82) is 0 Å². The highest BCUT2D eigenvalue weighted by molar-refractivity contribution is 6.01. The molecule has 27 N–H and O–H groups in total. The maximum atomic E-state index is 14.4. The molecule has 0 bridgehead atoms. The van der Waals surface area contributed by atoms with Gasteiger partial charge in [-0.05, 0) is 112 Å². The standard InChI is InChI=1S/C80H111N15O28/c1-10-38(4)62(91-73(115)56(34-61(108)109)86-69(111)53(31-46-18-24-49(102)25-19-46)84-68(110)52(83-58(104)35-81)30-45-16-22-48(101)23-17-45)75(117)87-51(28-37(2)3)72(114)92-63(39(5)96)74(116)82-36-59(105)90-64(40(6)97)77(119)94-66(42(8)99)79(121)95-67(43(9)100)78(120)93-65(41(7)98)76(118)88-54(29-44-14-12-11-13-15-44)70(112)85-55(33-60(106)107)71(113)89-57(80(122)123)32-47-20-26-50(103)27-21-47/h11-27,37-43,51-57,62-67,96-103H,10,28-36,81H2,1-9H3,(H,82,116)(H,83,104)(H,84,110)(H,85,112)(H,86,111)(H,87,117)(H,88,118)(H,89,113)(H,90,105)(H,91,115)(H,92,114)(H,93,120)(H,94,119)(H,95,121)(H,106,107)(H,108,109)(H,122,123)/t38-,39+,40+,41+,42+,43+,51-,52-,53-,54-,55-,56-,57-,62-,63-,64-,65-,66-,67-/m0/s1. The van der Waals surface area contributed by atoms with E-state index in [9.17, 15) is 138 Å². The Labute approximate surface area is 706 Å². The van der Waals surface area contributed by atoms with Gasteiger partial charge >= 0.3 is 17.9 Å². The Morgan fingerprint density at radius 3 is 0.943 bits per heavy atom. The Hall–Kier alpha value is -13.0. The quantitative estimate of drug-likeness (QED) is 0.0195. The van der Waals surface area contributed by atoms with Gasteiger partial charge in [-0.3, -0.25) is 76.7 Å². The first-order chi connectivity index (χ1) is 57.7. The van der Waals surface area contributed by atoms with Crippen molar-refractivity contribution in [3.8, 4) is 17.2 Å². The minimum atomic E-state index is -2.12. The van der Waals surface area contributed by atoms with Crippen molar-refractivity contribution >= 4 is 101 Å². The van der Waals surface area contributed by atoms with Crippen LogP contribution in [0.1, 0.15) is 110 Å². The lowest BCUT2D eigenvalue weighted by molar-refractivity contribution is -0.144. The minimum absolute atomic E-state index is 0.104. The minimum Gasteiger partial charge on any atom is -0.508 e. The molecule has 0 saturated heterocycles. The third-order valence-electron chi connectivity index (χ3n) is 19.0. The smallest absolute Gasteiger partial charge is 0.326 e. The molecule has 43 nitrogen and oxygen atoms in total. The van der Waals surface area contributed by atoms with Crippen LogP contribution in [-0.2, 0) is 107 Å². The Morgan fingerprint density at radius 2 is 0.585 bits per heavy atom. The number of hydrogen-bond acceptors (Lipinski definition) is 26. The molecule has 0 aliphatic carbocycles. The van der Waals surface area contributed by atoms with E-state index in [1.807, 2.05) is 0 Å². The normalized spacial score (nSPS) is 15.8. The van der Waals surface area contributed by atoms with Crippen LogP contribution in [0.4, 0.5) is 0 Å². The first-order valence-corrected chi connectivity index (χ1v) is 39.1. The van der Waals surface area contributed by atoms with Crippen molar-refractivity contribution in [2.45, 2.75) is 223 Å². The number of phenolic OH excluding ortho intramolecular Hbond substituents is 3. The average molecular weight is 1730 g/mol. The molecule has 0 radical (unpaired) electrons. The van der Waals surface area contributed by atoms with Gasteiger partial charge in [-0.1, -0.05) is 101 Å². The van der Waals surface area contributed by atoms with E-state index in [4.69, 9.17) is 5.73 Å². The molecule has 123 heavy (non-hydrogen) atoms. The SMILES string of the molecule is CC[C@H](C)[C@H](NC(=O)[C@H](CC(=O)O)NC(=O)[C@H](Cc1ccc(O)cc1)NC(=O)[C@H](Cc1ccc(O)cc1)NC(=O)CN)C(=O)N[C@@H](CC(C)C)C(=O)N[C@H](C(=O)NCC(=O)N[C@H](C(=O)N[C@H](C(=O)N[C@H](C(=O)N[C@H](C(=O)N[C@@H](Cc1ccccc1)C(=O)N[C@@H](CC(=O)O)C(=O)N[C@@H](Cc1ccc(O)cc1)C(=O)O)[C@@H](C)O)[C@@H](C)O)[C@@H](C)O)[C@@H](C)O)[C@@H](C)O. The fourth-order valence-electron chi connectivity index (χ4n) is 12.1. The number of nitrogens with one attached hydrogen (secondary N) is 14. The molecule has 4 aromatic carbocycles. The molecule has 14 amide bonds. The predicted octanol–water partition coefficient (Wildman–Crippen LogP) is -6.52. The van der Waals surface area contributed by atoms with Gasteiger partial charge in [0.25, 0.3) is 0 Å². The van der Waals surface area contributed by atoms with Gasteiger partial charge < -0.3 is 136 Å². The third-order valence-corrected chi connectivity index (χ3v) is 19.0. The number of benzene rings is 4. The second kappa shape index (κ2) is 49.7. The zero-order chi connectivity index (χ0) is 92.4. The first-order valence-electron chi connectivity index (χ1n) is 39.1. The second-order valence-corrected chi connectivity index (χ2v) is 29.9. The number of phenols is 3. The number of carboxylic acids is 3. The van der Waals surface area contributed by atoms with Gasteiger partial charge in [0.2, 0.25) is 82.7 Å². The van der Waals surface area contributed by atoms with E-state index in [2.05, 4.69) is 74.4 Å². The summed E-state index contributed by atoms with van der Waals surface area (Å²) in [5.41, 5.74) is 7.01. The summed E-state index contributed by atoms with van der Waals surface area (Å²) in [4.78, 5) is 232. The largest absolute Gasteiger partial charge is 0.508 e. The van der Waals surface area contributed by atoms with Crippen molar-refractivity contribution in [3.63, 3.8) is 0 Å². The van der Waals surface area contributed by atoms with Crippen LogP contribution in [0.15, 0.2) is 103 Å². The number of aliphatic hydroxyl groups is 5. The number of aromatic hydroxyl groups is 3. The zero-order valence-electron chi connectivity index (χ0n) is 68.9. The van der Waals surface area contributed by atoms with E-state index in [0.717, 1.165) is 34.6 Å². The van der Waals surface area contributed by atoms with Crippen LogP contribution in [0, 0.1) is 11.8 Å². The molecule has 0 saturated carbocycles. The van der Waals surface area contributed by atoms with E-state index in [-0.39, 0.29) is 49.4 Å². The fourth-order valence-corrected chi connectivity index (χ4v) is 12.1.